The molecule has 4 nitrogen and oxygen atoms in total. The van der Waals surface area contributed by atoms with Gasteiger partial charge in [-0.3, -0.25) is 4.90 Å². The highest BCUT2D eigenvalue weighted by atomic mass is 19.1. The molecule has 1 fully saturated rings. The zero-order chi connectivity index (χ0) is 13.8. The van der Waals surface area contributed by atoms with Crippen LogP contribution in [0.25, 0.3) is 6.08 Å². The van der Waals surface area contributed by atoms with Crippen LogP contribution in [0, 0.1) is 5.82 Å². The molecule has 1 aromatic rings. The smallest absolute Gasteiger partial charge is 0.328 e. The van der Waals surface area contributed by atoms with Crippen LogP contribution < -0.4 is 0 Å². The average molecular weight is 265 g/mol. The third-order valence-corrected chi connectivity index (χ3v) is 3.14. The Morgan fingerprint density at radius 2 is 2.32 bits per heavy atom. The molecule has 0 bridgehead atoms. The molecule has 0 amide bonds. The van der Waals surface area contributed by atoms with E-state index in [1.165, 1.54) is 12.1 Å². The molecule has 0 aromatic heterocycles. The van der Waals surface area contributed by atoms with E-state index in [4.69, 9.17) is 5.11 Å². The lowest BCUT2D eigenvalue weighted by atomic mass is 10.1. The Morgan fingerprint density at radius 1 is 1.53 bits per heavy atom. The van der Waals surface area contributed by atoms with Crippen LogP contribution in [0.2, 0.25) is 0 Å². The van der Waals surface area contributed by atoms with Crippen LogP contribution in [0.1, 0.15) is 17.5 Å². The third kappa shape index (κ3) is 3.87. The largest absolute Gasteiger partial charge is 0.478 e. The molecule has 1 aliphatic heterocycles. The Labute approximate surface area is 110 Å². The summed E-state index contributed by atoms with van der Waals surface area (Å²) in [6.07, 6.45) is 2.74. The lowest BCUT2D eigenvalue weighted by molar-refractivity contribution is -0.131. The van der Waals surface area contributed by atoms with Crippen molar-refractivity contribution in [1.29, 1.82) is 0 Å². The summed E-state index contributed by atoms with van der Waals surface area (Å²) in [7, 11) is 0. The molecule has 2 N–H and O–H groups in total. The fraction of sp³-hybridized carbons (Fsp3) is 0.357. The number of aliphatic hydroxyl groups excluding tert-OH is 1. The van der Waals surface area contributed by atoms with Gasteiger partial charge in [-0.2, -0.15) is 0 Å². The molecular formula is C14H16FNO3. The molecule has 2 rings (SSSR count). The minimum absolute atomic E-state index is 0.319. The van der Waals surface area contributed by atoms with E-state index >= 15 is 0 Å². The predicted octanol–water partition coefficient (Wildman–Crippen LogP) is 1.49. The first kappa shape index (κ1) is 13.7. The van der Waals surface area contributed by atoms with E-state index in [1.54, 1.807) is 12.1 Å². The van der Waals surface area contributed by atoms with Gasteiger partial charge in [-0.1, -0.05) is 12.1 Å². The van der Waals surface area contributed by atoms with Gasteiger partial charge in [0, 0.05) is 31.3 Å². The number of aliphatic carboxylic acids is 1. The number of rotatable bonds is 4. The molecule has 1 heterocycles. The molecule has 5 heteroatoms. The molecule has 0 spiro atoms. The zero-order valence-electron chi connectivity index (χ0n) is 10.4. The minimum atomic E-state index is -1.06. The van der Waals surface area contributed by atoms with Crippen molar-refractivity contribution in [3.63, 3.8) is 0 Å². The second-order valence-corrected chi connectivity index (χ2v) is 4.70. The zero-order valence-corrected chi connectivity index (χ0v) is 10.4. The molecule has 1 aliphatic rings. The maximum atomic E-state index is 13.9. The van der Waals surface area contributed by atoms with Crippen molar-refractivity contribution in [1.82, 2.24) is 4.90 Å². The number of β-amino-alcohol motifs (C(OH)–C–C–N with tert-alkyl or cyclic N) is 1. The summed E-state index contributed by atoms with van der Waals surface area (Å²) in [5, 5.41) is 17.9. The first-order valence-electron chi connectivity index (χ1n) is 6.14. The van der Waals surface area contributed by atoms with Crippen LogP contribution in [0.15, 0.2) is 24.3 Å². The maximum absolute atomic E-state index is 13.9. The summed E-state index contributed by atoms with van der Waals surface area (Å²) in [4.78, 5) is 12.4. The van der Waals surface area contributed by atoms with Crippen LogP contribution in [0.3, 0.4) is 0 Å². The van der Waals surface area contributed by atoms with Gasteiger partial charge in [0.1, 0.15) is 5.82 Å². The van der Waals surface area contributed by atoms with Crippen molar-refractivity contribution in [3.8, 4) is 0 Å². The first-order chi connectivity index (χ1) is 9.04. The number of nitrogens with zero attached hydrogens (tertiary/aromatic N) is 1. The fourth-order valence-electron chi connectivity index (χ4n) is 2.16. The van der Waals surface area contributed by atoms with E-state index in [9.17, 15) is 14.3 Å². The van der Waals surface area contributed by atoms with Crippen molar-refractivity contribution >= 4 is 12.0 Å². The standard InChI is InChI=1S/C14H16FNO3/c15-13-7-10(2-4-14(18)19)1-3-11(13)8-16-6-5-12(17)9-16/h1-4,7,12,17H,5-6,8-9H2,(H,18,19). The van der Waals surface area contributed by atoms with Gasteiger partial charge in [-0.25, -0.2) is 9.18 Å². The van der Waals surface area contributed by atoms with Gasteiger partial charge in [0.2, 0.25) is 0 Å². The normalized spacial score (nSPS) is 20.2. The highest BCUT2D eigenvalue weighted by molar-refractivity contribution is 5.85. The van der Waals surface area contributed by atoms with Crippen molar-refractivity contribution in [2.24, 2.45) is 0 Å². The molecule has 1 atom stereocenters. The lowest BCUT2D eigenvalue weighted by Crippen LogP contribution is -2.22. The number of carboxylic acids is 1. The minimum Gasteiger partial charge on any atom is -0.478 e. The van der Waals surface area contributed by atoms with Crippen LogP contribution >= 0.6 is 0 Å². The molecule has 0 saturated carbocycles. The summed E-state index contributed by atoms with van der Waals surface area (Å²) in [6, 6.07) is 4.66. The van der Waals surface area contributed by atoms with E-state index in [0.29, 0.717) is 24.2 Å². The van der Waals surface area contributed by atoms with E-state index in [2.05, 4.69) is 0 Å². The Hall–Kier alpha value is -1.72. The molecule has 1 unspecified atom stereocenters. The molecular weight excluding hydrogens is 249 g/mol. The number of hydrogen-bond acceptors (Lipinski definition) is 3. The Bertz CT molecular complexity index is 501. The summed E-state index contributed by atoms with van der Waals surface area (Å²) >= 11 is 0. The van der Waals surface area contributed by atoms with E-state index in [0.717, 1.165) is 19.0 Å². The van der Waals surface area contributed by atoms with Crippen molar-refractivity contribution in [2.45, 2.75) is 19.1 Å². The van der Waals surface area contributed by atoms with Crippen LogP contribution in [-0.4, -0.2) is 40.3 Å². The van der Waals surface area contributed by atoms with E-state index in [-0.39, 0.29) is 11.9 Å². The molecule has 102 valence electrons. The lowest BCUT2D eigenvalue weighted by Gasteiger charge is -2.15. The number of aliphatic hydroxyl groups is 1. The number of hydrogen-bond donors (Lipinski definition) is 2. The number of carbonyl (C=O) groups is 1. The Morgan fingerprint density at radius 3 is 2.89 bits per heavy atom. The fourth-order valence-corrected chi connectivity index (χ4v) is 2.16. The van der Waals surface area contributed by atoms with E-state index in [1.807, 2.05) is 4.90 Å². The van der Waals surface area contributed by atoms with Gasteiger partial charge < -0.3 is 10.2 Å². The second kappa shape index (κ2) is 5.95. The number of halogens is 1. The van der Waals surface area contributed by atoms with Gasteiger partial charge in [0.15, 0.2) is 0 Å². The quantitative estimate of drug-likeness (QED) is 0.810. The monoisotopic (exact) mass is 265 g/mol. The van der Waals surface area contributed by atoms with Crippen molar-refractivity contribution in [3.05, 3.63) is 41.2 Å². The van der Waals surface area contributed by atoms with Gasteiger partial charge >= 0.3 is 5.97 Å². The molecule has 19 heavy (non-hydrogen) atoms. The Balaban J connectivity index is 2.04. The van der Waals surface area contributed by atoms with Gasteiger partial charge in [-0.15, -0.1) is 0 Å². The highest BCUT2D eigenvalue weighted by Gasteiger charge is 2.20. The molecule has 0 aliphatic carbocycles. The average Bonchev–Trinajstić information content (AvgIpc) is 2.75. The molecule has 0 radical (unpaired) electrons. The van der Waals surface area contributed by atoms with Crippen LogP contribution in [0.5, 0.6) is 0 Å². The van der Waals surface area contributed by atoms with Gasteiger partial charge in [0.25, 0.3) is 0 Å². The topological polar surface area (TPSA) is 60.8 Å². The number of benzene rings is 1. The molecule has 1 saturated heterocycles. The number of carboxylic acid groups (broad SMARTS) is 1. The van der Waals surface area contributed by atoms with Gasteiger partial charge in [-0.05, 0) is 24.1 Å². The predicted molar refractivity (Wildman–Crippen MR) is 69.0 cm³/mol. The molecule has 1 aromatic carbocycles. The van der Waals surface area contributed by atoms with Crippen molar-refractivity contribution in [2.75, 3.05) is 13.1 Å². The highest BCUT2D eigenvalue weighted by Crippen LogP contribution is 2.17. The summed E-state index contributed by atoms with van der Waals surface area (Å²) in [5.74, 6) is -1.41. The van der Waals surface area contributed by atoms with Gasteiger partial charge in [0.05, 0.1) is 6.10 Å². The van der Waals surface area contributed by atoms with Crippen LogP contribution in [-0.2, 0) is 11.3 Å². The number of likely N-dealkylation sites (tertiary alicyclic amines) is 1. The van der Waals surface area contributed by atoms with Crippen molar-refractivity contribution < 1.29 is 19.4 Å². The SMILES string of the molecule is O=C(O)C=Cc1ccc(CN2CCC(O)C2)c(F)c1. The third-order valence-electron chi connectivity index (χ3n) is 3.14. The maximum Gasteiger partial charge on any atom is 0.328 e. The second-order valence-electron chi connectivity index (χ2n) is 4.70. The summed E-state index contributed by atoms with van der Waals surface area (Å²) < 4.78 is 13.9. The van der Waals surface area contributed by atoms with E-state index < -0.39 is 5.97 Å². The van der Waals surface area contributed by atoms with Crippen LogP contribution in [0.4, 0.5) is 4.39 Å². The Kier molecular flexibility index (Phi) is 4.29. The summed E-state index contributed by atoms with van der Waals surface area (Å²) in [5.41, 5.74) is 1.08. The first-order valence-corrected chi connectivity index (χ1v) is 6.14. The summed E-state index contributed by atoms with van der Waals surface area (Å²) in [6.45, 7) is 1.80.